The Morgan fingerprint density at radius 3 is 2.30 bits per heavy atom. The quantitative estimate of drug-likeness (QED) is 0.784. The highest BCUT2D eigenvalue weighted by atomic mass is 19.3. The van der Waals surface area contributed by atoms with Gasteiger partial charge in [-0.15, -0.1) is 0 Å². The fourth-order valence-corrected chi connectivity index (χ4v) is 2.30. The maximum atomic E-state index is 12.6. The zero-order chi connectivity index (χ0) is 16.7. The van der Waals surface area contributed by atoms with E-state index in [9.17, 15) is 13.9 Å². The first-order chi connectivity index (χ1) is 11.2. The monoisotopic (exact) mass is 323 g/mol. The number of aliphatic hydroxyl groups is 1. The summed E-state index contributed by atoms with van der Waals surface area (Å²) in [5.41, 5.74) is 2.36. The molecule has 6 heteroatoms. The number of rotatable bonds is 8. The molecule has 0 aliphatic carbocycles. The number of aliphatic hydroxyl groups excluding tert-OH is 1. The molecule has 23 heavy (non-hydrogen) atoms. The Kier molecular flexibility index (Phi) is 6.31. The van der Waals surface area contributed by atoms with Crippen molar-refractivity contribution >= 4 is 0 Å². The van der Waals surface area contributed by atoms with E-state index in [1.54, 1.807) is 18.2 Å². The van der Waals surface area contributed by atoms with E-state index < -0.39 is 6.61 Å². The van der Waals surface area contributed by atoms with Crippen molar-refractivity contribution in [2.24, 2.45) is 0 Å². The molecule has 0 atom stereocenters. The summed E-state index contributed by atoms with van der Waals surface area (Å²) in [6.07, 6.45) is 0. The lowest BCUT2D eigenvalue weighted by Gasteiger charge is -2.15. The van der Waals surface area contributed by atoms with Crippen LogP contribution < -0.4 is 14.8 Å². The average Bonchev–Trinajstić information content (AvgIpc) is 2.56. The van der Waals surface area contributed by atoms with E-state index in [0.29, 0.717) is 18.7 Å². The fraction of sp³-hybridized carbons (Fsp3) is 0.294. The van der Waals surface area contributed by atoms with Crippen molar-refractivity contribution in [3.63, 3.8) is 0 Å². The third-order valence-corrected chi connectivity index (χ3v) is 3.41. The van der Waals surface area contributed by atoms with Crippen molar-refractivity contribution in [1.82, 2.24) is 5.32 Å². The third-order valence-electron chi connectivity index (χ3n) is 3.41. The van der Waals surface area contributed by atoms with Gasteiger partial charge in [0.05, 0.1) is 13.7 Å². The van der Waals surface area contributed by atoms with Crippen molar-refractivity contribution in [1.29, 1.82) is 0 Å². The predicted octanol–water partition coefficient (Wildman–Crippen LogP) is 3.08. The average molecular weight is 323 g/mol. The van der Waals surface area contributed by atoms with Crippen LogP contribution in [0, 0.1) is 0 Å². The van der Waals surface area contributed by atoms with Crippen LogP contribution in [0.4, 0.5) is 8.78 Å². The highest BCUT2D eigenvalue weighted by Crippen LogP contribution is 2.32. The molecule has 0 spiro atoms. The summed E-state index contributed by atoms with van der Waals surface area (Å²) < 4.78 is 34.8. The zero-order valence-electron chi connectivity index (χ0n) is 12.8. The van der Waals surface area contributed by atoms with Crippen molar-refractivity contribution < 1.29 is 23.4 Å². The second-order valence-electron chi connectivity index (χ2n) is 4.86. The molecule has 0 fully saturated rings. The summed E-state index contributed by atoms with van der Waals surface area (Å²) >= 11 is 0. The summed E-state index contributed by atoms with van der Waals surface area (Å²) in [6, 6.07) is 12.5. The Balaban J connectivity index is 2.08. The summed E-state index contributed by atoms with van der Waals surface area (Å²) in [5, 5.41) is 12.5. The van der Waals surface area contributed by atoms with Gasteiger partial charge in [-0.3, -0.25) is 0 Å². The lowest BCUT2D eigenvalue weighted by atomic mass is 10.1. The van der Waals surface area contributed by atoms with Crippen LogP contribution in [-0.4, -0.2) is 18.8 Å². The molecule has 124 valence electrons. The topological polar surface area (TPSA) is 50.7 Å². The van der Waals surface area contributed by atoms with Crippen LogP contribution in [0.25, 0.3) is 0 Å². The number of hydrogen-bond acceptors (Lipinski definition) is 4. The van der Waals surface area contributed by atoms with Crippen LogP contribution in [0.15, 0.2) is 42.5 Å². The van der Waals surface area contributed by atoms with E-state index in [1.165, 1.54) is 7.11 Å². The molecular formula is C17H19F2NO3. The van der Waals surface area contributed by atoms with Crippen molar-refractivity contribution in [3.05, 3.63) is 59.2 Å². The van der Waals surface area contributed by atoms with Gasteiger partial charge >= 0.3 is 6.61 Å². The van der Waals surface area contributed by atoms with Crippen LogP contribution in [0.3, 0.4) is 0 Å². The maximum absolute atomic E-state index is 12.6. The second kappa shape index (κ2) is 8.45. The minimum absolute atomic E-state index is 0.0351. The Morgan fingerprint density at radius 2 is 1.65 bits per heavy atom. The highest BCUT2D eigenvalue weighted by Gasteiger charge is 2.15. The smallest absolute Gasteiger partial charge is 0.387 e. The Hall–Kier alpha value is -2.18. The van der Waals surface area contributed by atoms with Gasteiger partial charge in [-0.25, -0.2) is 0 Å². The van der Waals surface area contributed by atoms with E-state index in [4.69, 9.17) is 4.74 Å². The number of ether oxygens (including phenoxy) is 2. The molecule has 0 unspecified atom stereocenters. The Bertz CT molecular complexity index is 635. The fourth-order valence-electron chi connectivity index (χ4n) is 2.30. The molecular weight excluding hydrogens is 304 g/mol. The van der Waals surface area contributed by atoms with Crippen LogP contribution in [-0.2, 0) is 19.7 Å². The van der Waals surface area contributed by atoms with Gasteiger partial charge in [-0.05, 0) is 17.2 Å². The van der Waals surface area contributed by atoms with E-state index in [-0.39, 0.29) is 18.1 Å². The molecule has 0 aliphatic rings. The van der Waals surface area contributed by atoms with Gasteiger partial charge in [0.25, 0.3) is 0 Å². The van der Waals surface area contributed by atoms with Crippen LogP contribution >= 0.6 is 0 Å². The molecule has 0 saturated carbocycles. The molecule has 0 aromatic heterocycles. The predicted molar refractivity (Wildman–Crippen MR) is 82.5 cm³/mol. The van der Waals surface area contributed by atoms with Gasteiger partial charge < -0.3 is 19.9 Å². The molecule has 0 radical (unpaired) electrons. The van der Waals surface area contributed by atoms with E-state index >= 15 is 0 Å². The molecule has 2 aromatic carbocycles. The normalized spacial score (nSPS) is 10.8. The van der Waals surface area contributed by atoms with Gasteiger partial charge in [0, 0.05) is 18.7 Å². The lowest BCUT2D eigenvalue weighted by molar-refractivity contribution is -0.0518. The Labute approximate surface area is 133 Å². The Morgan fingerprint density at radius 1 is 1.00 bits per heavy atom. The van der Waals surface area contributed by atoms with E-state index in [0.717, 1.165) is 11.1 Å². The van der Waals surface area contributed by atoms with Crippen LogP contribution in [0.5, 0.6) is 11.5 Å². The standard InChI is InChI=1S/C17H19F2NO3/c1-22-15-8-4-7-13(16(15)23-17(18)19)10-20-9-12-5-2-3-6-14(12)11-21/h2-8,17,20-21H,9-11H2,1H3. The summed E-state index contributed by atoms with van der Waals surface area (Å²) in [5.74, 6) is 0.299. The molecule has 0 heterocycles. The first-order valence-corrected chi connectivity index (χ1v) is 7.14. The SMILES string of the molecule is COc1cccc(CNCc2ccccc2CO)c1OC(F)F. The molecule has 4 nitrogen and oxygen atoms in total. The van der Waals surface area contributed by atoms with Crippen molar-refractivity contribution in [3.8, 4) is 11.5 Å². The number of halogens is 2. The molecule has 0 amide bonds. The second-order valence-corrected chi connectivity index (χ2v) is 4.86. The molecule has 2 aromatic rings. The number of para-hydroxylation sites is 1. The van der Waals surface area contributed by atoms with Gasteiger partial charge in [0.1, 0.15) is 0 Å². The summed E-state index contributed by atoms with van der Waals surface area (Å²) in [6.45, 7) is -2.13. The molecule has 0 saturated heterocycles. The number of alkyl halides is 2. The molecule has 0 aliphatic heterocycles. The zero-order valence-corrected chi connectivity index (χ0v) is 12.8. The first kappa shape index (κ1) is 17.2. The molecule has 2 rings (SSSR count). The molecule has 0 bridgehead atoms. The minimum Gasteiger partial charge on any atom is -0.493 e. The number of nitrogens with one attached hydrogen (secondary N) is 1. The van der Waals surface area contributed by atoms with Gasteiger partial charge in [0.2, 0.25) is 0 Å². The highest BCUT2D eigenvalue weighted by molar-refractivity contribution is 5.46. The van der Waals surface area contributed by atoms with Gasteiger partial charge in [-0.1, -0.05) is 36.4 Å². The van der Waals surface area contributed by atoms with Crippen molar-refractivity contribution in [2.45, 2.75) is 26.3 Å². The summed E-state index contributed by atoms with van der Waals surface area (Å²) in [7, 11) is 1.41. The van der Waals surface area contributed by atoms with Crippen LogP contribution in [0.2, 0.25) is 0 Å². The van der Waals surface area contributed by atoms with E-state index in [1.807, 2.05) is 24.3 Å². The molecule has 2 N–H and O–H groups in total. The third kappa shape index (κ3) is 4.64. The van der Waals surface area contributed by atoms with E-state index in [2.05, 4.69) is 10.1 Å². The largest absolute Gasteiger partial charge is 0.493 e. The maximum Gasteiger partial charge on any atom is 0.387 e. The lowest BCUT2D eigenvalue weighted by Crippen LogP contribution is -2.16. The number of hydrogen-bond donors (Lipinski definition) is 2. The minimum atomic E-state index is -2.92. The summed E-state index contributed by atoms with van der Waals surface area (Å²) in [4.78, 5) is 0. The van der Waals surface area contributed by atoms with Gasteiger partial charge in [0.15, 0.2) is 11.5 Å². The van der Waals surface area contributed by atoms with Crippen molar-refractivity contribution in [2.75, 3.05) is 7.11 Å². The first-order valence-electron chi connectivity index (χ1n) is 7.14. The van der Waals surface area contributed by atoms with Gasteiger partial charge in [-0.2, -0.15) is 8.78 Å². The van der Waals surface area contributed by atoms with Crippen LogP contribution in [0.1, 0.15) is 16.7 Å². The number of benzene rings is 2. The number of methoxy groups -OCH3 is 1.